The maximum atomic E-state index is 11.9. The fourth-order valence-corrected chi connectivity index (χ4v) is 0.802. The van der Waals surface area contributed by atoms with Crippen molar-refractivity contribution in [3.05, 3.63) is 0 Å². The predicted octanol–water partition coefficient (Wildman–Crippen LogP) is 0.897. The maximum Gasteiger partial charge on any atom is 0.148 e. The highest BCUT2D eigenvalue weighted by molar-refractivity contribution is 4.92. The molecule has 3 nitrogen and oxygen atoms in total. The van der Waals surface area contributed by atoms with Crippen LogP contribution in [0.4, 0.5) is 17.9 Å². The number of ether oxygens (including phenoxy) is 1. The molecule has 1 saturated heterocycles. The van der Waals surface area contributed by atoms with Crippen molar-refractivity contribution in [2.24, 2.45) is 0 Å². The molecule has 0 spiro atoms. The second-order valence-corrected chi connectivity index (χ2v) is 2.41. The molecule has 7 heteroatoms. The SMILES string of the molecule is FN(F)CC1(N(F)F)COC1. The Hall–Kier alpha value is -0.400. The second-order valence-electron chi connectivity index (χ2n) is 2.41. The summed E-state index contributed by atoms with van der Waals surface area (Å²) in [6.07, 6.45) is 0. The minimum atomic E-state index is -1.80. The van der Waals surface area contributed by atoms with Crippen LogP contribution in [0.25, 0.3) is 0 Å². The summed E-state index contributed by atoms with van der Waals surface area (Å²) in [5, 5.41) is -2.49. The highest BCUT2D eigenvalue weighted by Gasteiger charge is 2.48. The lowest BCUT2D eigenvalue weighted by atomic mass is 9.99. The Morgan fingerprint density at radius 2 is 1.73 bits per heavy atom. The van der Waals surface area contributed by atoms with Gasteiger partial charge in [-0.15, -0.1) is 17.9 Å². The molecule has 0 radical (unpaired) electrons. The predicted molar refractivity (Wildman–Crippen MR) is 26.5 cm³/mol. The van der Waals surface area contributed by atoms with Crippen LogP contribution in [0, 0.1) is 0 Å². The molecule has 0 N–H and O–H groups in total. The molecule has 0 aromatic rings. The highest BCUT2D eigenvalue weighted by atomic mass is 19.4. The van der Waals surface area contributed by atoms with Crippen LogP contribution in [-0.2, 0) is 4.74 Å². The van der Waals surface area contributed by atoms with E-state index < -0.39 is 22.8 Å². The quantitative estimate of drug-likeness (QED) is 0.467. The van der Waals surface area contributed by atoms with E-state index in [0.29, 0.717) is 0 Å². The lowest BCUT2D eigenvalue weighted by Gasteiger charge is -2.39. The summed E-state index contributed by atoms with van der Waals surface area (Å²) in [6, 6.07) is 0. The van der Waals surface area contributed by atoms with Crippen LogP contribution in [0.5, 0.6) is 0 Å². The molecule has 0 amide bonds. The average molecular weight is 174 g/mol. The van der Waals surface area contributed by atoms with Gasteiger partial charge in [-0.1, -0.05) is 0 Å². The Balaban J connectivity index is 2.47. The van der Waals surface area contributed by atoms with Crippen LogP contribution < -0.4 is 0 Å². The van der Waals surface area contributed by atoms with Crippen molar-refractivity contribution >= 4 is 0 Å². The molecule has 0 saturated carbocycles. The molecule has 1 fully saturated rings. The molecular weight excluding hydrogens is 168 g/mol. The standard InChI is InChI=1S/C4H6F4N2O/c5-9(6)1-4(10(7)8)2-11-3-4/h1-3H2. The summed E-state index contributed by atoms with van der Waals surface area (Å²) in [5.74, 6) is 0. The van der Waals surface area contributed by atoms with Crippen molar-refractivity contribution in [1.82, 2.24) is 10.7 Å². The topological polar surface area (TPSA) is 15.7 Å². The summed E-state index contributed by atoms with van der Waals surface area (Å²) in [6.45, 7) is -1.71. The first-order valence-corrected chi connectivity index (χ1v) is 2.85. The molecule has 0 unspecified atom stereocenters. The van der Waals surface area contributed by atoms with Crippen molar-refractivity contribution in [2.75, 3.05) is 19.8 Å². The second kappa shape index (κ2) is 2.92. The Kier molecular flexibility index (Phi) is 2.31. The number of nitrogens with zero attached hydrogens (tertiary/aromatic N) is 2. The van der Waals surface area contributed by atoms with Crippen molar-refractivity contribution in [3.63, 3.8) is 0 Å². The smallest absolute Gasteiger partial charge is 0.148 e. The third-order valence-corrected chi connectivity index (χ3v) is 1.51. The van der Waals surface area contributed by atoms with Crippen molar-refractivity contribution < 1.29 is 22.7 Å². The molecule has 0 aliphatic carbocycles. The molecule has 0 bridgehead atoms. The van der Waals surface area contributed by atoms with Gasteiger partial charge in [0, 0.05) is 10.7 Å². The average Bonchev–Trinajstić information content (AvgIpc) is 1.77. The zero-order valence-corrected chi connectivity index (χ0v) is 5.44. The van der Waals surface area contributed by atoms with Crippen LogP contribution in [0.15, 0.2) is 0 Å². The number of rotatable bonds is 3. The largest absolute Gasteiger partial charge is 0.377 e. The van der Waals surface area contributed by atoms with E-state index >= 15 is 0 Å². The molecule has 0 aromatic heterocycles. The lowest BCUT2D eigenvalue weighted by Crippen LogP contribution is -2.61. The molecule has 1 aliphatic heterocycles. The van der Waals surface area contributed by atoms with Gasteiger partial charge < -0.3 is 4.74 Å². The van der Waals surface area contributed by atoms with Crippen LogP contribution >= 0.6 is 0 Å². The lowest BCUT2D eigenvalue weighted by molar-refractivity contribution is -0.326. The monoisotopic (exact) mass is 174 g/mol. The summed E-state index contributed by atoms with van der Waals surface area (Å²) in [4.78, 5) is 0. The summed E-state index contributed by atoms with van der Waals surface area (Å²) in [5.41, 5.74) is -1.80. The van der Waals surface area contributed by atoms with Crippen LogP contribution in [0.2, 0.25) is 0 Å². The van der Waals surface area contributed by atoms with E-state index in [0.717, 1.165) is 0 Å². The Bertz CT molecular complexity index is 138. The van der Waals surface area contributed by atoms with Gasteiger partial charge in [0.2, 0.25) is 0 Å². The first-order valence-electron chi connectivity index (χ1n) is 2.85. The van der Waals surface area contributed by atoms with Gasteiger partial charge in [0.1, 0.15) is 5.54 Å². The van der Waals surface area contributed by atoms with Gasteiger partial charge in [0.25, 0.3) is 0 Å². The molecule has 0 atom stereocenters. The zero-order chi connectivity index (χ0) is 8.48. The van der Waals surface area contributed by atoms with E-state index in [1.54, 1.807) is 0 Å². The van der Waals surface area contributed by atoms with E-state index in [1.165, 1.54) is 0 Å². The number of hydrogen-bond donors (Lipinski definition) is 0. The van der Waals surface area contributed by atoms with Crippen molar-refractivity contribution in [1.29, 1.82) is 0 Å². The van der Waals surface area contributed by atoms with Crippen molar-refractivity contribution in [2.45, 2.75) is 5.54 Å². The Morgan fingerprint density at radius 3 is 1.82 bits per heavy atom. The van der Waals surface area contributed by atoms with Crippen LogP contribution in [0.3, 0.4) is 0 Å². The Labute approximate surface area is 59.9 Å². The fourth-order valence-electron chi connectivity index (χ4n) is 0.802. The minimum Gasteiger partial charge on any atom is -0.377 e. The highest BCUT2D eigenvalue weighted by Crippen LogP contribution is 2.27. The van der Waals surface area contributed by atoms with Crippen LogP contribution in [-0.4, -0.2) is 36.0 Å². The number of hydrogen-bond acceptors (Lipinski definition) is 3. The fraction of sp³-hybridized carbons (Fsp3) is 1.00. The van der Waals surface area contributed by atoms with E-state index in [2.05, 4.69) is 4.74 Å². The van der Waals surface area contributed by atoms with E-state index in [4.69, 9.17) is 0 Å². The molecule has 1 heterocycles. The molecule has 1 rings (SSSR count). The van der Waals surface area contributed by atoms with Gasteiger partial charge in [0.15, 0.2) is 0 Å². The summed E-state index contributed by atoms with van der Waals surface area (Å²) < 4.78 is 51.3. The minimum absolute atomic E-state index is 0.357. The summed E-state index contributed by atoms with van der Waals surface area (Å²) in [7, 11) is 0. The van der Waals surface area contributed by atoms with Crippen LogP contribution in [0.1, 0.15) is 0 Å². The molecule has 0 aromatic carbocycles. The first kappa shape index (κ1) is 8.69. The third-order valence-electron chi connectivity index (χ3n) is 1.51. The normalized spacial score (nSPS) is 22.4. The first-order chi connectivity index (χ1) is 5.07. The summed E-state index contributed by atoms with van der Waals surface area (Å²) >= 11 is 0. The number of halogens is 4. The molecule has 11 heavy (non-hydrogen) atoms. The molecular formula is C4H6F4N2O. The van der Waals surface area contributed by atoms with Gasteiger partial charge in [0.05, 0.1) is 19.8 Å². The Morgan fingerprint density at radius 1 is 1.18 bits per heavy atom. The molecule has 1 aliphatic rings. The zero-order valence-electron chi connectivity index (χ0n) is 5.44. The van der Waals surface area contributed by atoms with Gasteiger partial charge >= 0.3 is 0 Å². The molecule has 66 valence electrons. The maximum absolute atomic E-state index is 11.9. The van der Waals surface area contributed by atoms with Crippen molar-refractivity contribution in [3.8, 4) is 0 Å². The van der Waals surface area contributed by atoms with E-state index in [9.17, 15) is 17.9 Å². The van der Waals surface area contributed by atoms with E-state index in [1.807, 2.05) is 0 Å². The van der Waals surface area contributed by atoms with Gasteiger partial charge in [-0.25, -0.2) is 0 Å². The van der Waals surface area contributed by atoms with E-state index in [-0.39, 0.29) is 13.2 Å². The van der Waals surface area contributed by atoms with Gasteiger partial charge in [-0.05, 0) is 0 Å². The van der Waals surface area contributed by atoms with Gasteiger partial charge in [-0.3, -0.25) is 0 Å². The van der Waals surface area contributed by atoms with Gasteiger partial charge in [-0.2, -0.15) is 0 Å². The third kappa shape index (κ3) is 1.60.